The van der Waals surface area contributed by atoms with E-state index < -0.39 is 80.3 Å². The summed E-state index contributed by atoms with van der Waals surface area (Å²) in [4.78, 5) is 86.6. The van der Waals surface area contributed by atoms with E-state index in [4.69, 9.17) is 4.43 Å². The molecule has 3 saturated heterocycles. The van der Waals surface area contributed by atoms with Crippen molar-refractivity contribution in [1.29, 1.82) is 0 Å². The number of fused-ring (bicyclic) bond motifs is 2. The van der Waals surface area contributed by atoms with E-state index in [1.807, 2.05) is 69.9 Å². The number of nitrogens with zero attached hydrogens (tertiary/aromatic N) is 2. The molecular formula is C39H63N7O7Si. The lowest BCUT2D eigenvalue weighted by molar-refractivity contribution is -0.136. The van der Waals surface area contributed by atoms with Gasteiger partial charge >= 0.3 is 0 Å². The second kappa shape index (κ2) is 17.3. The second-order valence-electron chi connectivity index (χ2n) is 17.9. The highest BCUT2D eigenvalue weighted by atomic mass is 28.4. The third-order valence-electron chi connectivity index (χ3n) is 10.8. The van der Waals surface area contributed by atoms with Gasteiger partial charge in [-0.05, 0) is 76.2 Å². The summed E-state index contributed by atoms with van der Waals surface area (Å²) in [6.45, 7) is 19.9. The first-order valence-electron chi connectivity index (χ1n) is 19.3. The van der Waals surface area contributed by atoms with Gasteiger partial charge < -0.3 is 35.9 Å². The van der Waals surface area contributed by atoms with Crippen LogP contribution in [-0.4, -0.2) is 122 Å². The first kappa shape index (κ1) is 42.9. The third-order valence-corrected chi connectivity index (χ3v) is 15.3. The first-order valence-corrected chi connectivity index (χ1v) is 22.2. The fraction of sp³-hybridized carbons (Fsp3) is 0.692. The maximum Gasteiger partial charge on any atom is 0.246 e. The van der Waals surface area contributed by atoms with Gasteiger partial charge in [0, 0.05) is 12.0 Å². The average molecular weight is 770 g/mol. The molecule has 1 aromatic carbocycles. The molecule has 0 unspecified atom stereocenters. The molecule has 0 aliphatic carbocycles. The highest BCUT2D eigenvalue weighted by molar-refractivity contribution is 6.74. The van der Waals surface area contributed by atoms with Gasteiger partial charge in [0.2, 0.25) is 35.4 Å². The van der Waals surface area contributed by atoms with Crippen LogP contribution < -0.4 is 26.6 Å². The van der Waals surface area contributed by atoms with E-state index in [1.54, 1.807) is 4.90 Å². The van der Waals surface area contributed by atoms with Crippen molar-refractivity contribution in [1.82, 2.24) is 36.4 Å². The van der Waals surface area contributed by atoms with Gasteiger partial charge in [-0.15, -0.1) is 0 Å². The van der Waals surface area contributed by atoms with Crippen LogP contribution in [0, 0.1) is 5.92 Å². The molecule has 14 nitrogen and oxygen atoms in total. The molecule has 1 aromatic rings. The molecule has 3 fully saturated rings. The summed E-state index contributed by atoms with van der Waals surface area (Å²) in [6.07, 6.45) is 1.54. The zero-order valence-electron chi connectivity index (χ0n) is 33.8. The Hall–Kier alpha value is -3.82. The maximum atomic E-state index is 14.8. The van der Waals surface area contributed by atoms with Gasteiger partial charge in [-0.25, -0.2) is 0 Å². The monoisotopic (exact) mass is 769 g/mol. The summed E-state index contributed by atoms with van der Waals surface area (Å²) in [5, 5.41) is 13.9. The van der Waals surface area contributed by atoms with E-state index in [0.717, 1.165) is 5.56 Å². The van der Waals surface area contributed by atoms with Crippen LogP contribution in [0.2, 0.25) is 18.1 Å². The van der Waals surface area contributed by atoms with Gasteiger partial charge in [0.1, 0.15) is 18.1 Å². The second-order valence-corrected chi connectivity index (χ2v) is 22.8. The Morgan fingerprint density at radius 1 is 0.907 bits per heavy atom. The summed E-state index contributed by atoms with van der Waals surface area (Å²) in [5.74, 6) is -2.76. The van der Waals surface area contributed by atoms with Crippen LogP contribution in [-0.2, 0) is 39.6 Å². The summed E-state index contributed by atoms with van der Waals surface area (Å²) in [7, 11) is -2.32. The highest BCUT2D eigenvalue weighted by Crippen LogP contribution is 2.41. The molecule has 6 atom stereocenters. The van der Waals surface area contributed by atoms with Crippen LogP contribution in [0.1, 0.15) is 80.2 Å². The Morgan fingerprint density at radius 3 is 2.07 bits per heavy atom. The molecule has 15 heteroatoms. The average Bonchev–Trinajstić information content (AvgIpc) is 3.55. The molecule has 0 spiro atoms. The summed E-state index contributed by atoms with van der Waals surface area (Å²) in [6, 6.07) is 4.47. The van der Waals surface area contributed by atoms with Crippen molar-refractivity contribution in [3.63, 3.8) is 0 Å². The fourth-order valence-electron chi connectivity index (χ4n) is 7.01. The molecule has 300 valence electrons. The van der Waals surface area contributed by atoms with Gasteiger partial charge in [-0.3, -0.25) is 33.7 Å². The number of amides is 6. The lowest BCUT2D eigenvalue weighted by atomic mass is 10.0. The standard InChI is InChI=1S/C39H63N7O7Si/c1-24(2)19-26-34(49)40-21-31(48)43-27(20-25-15-12-11-13-16-25)37(52)46-29(23-53-54(9,10)39(6,7)8)32(46)33(36(51)44-38(3,4)5)45-18-14-17-28(45)35(50)41-22-30(47)42-26/h11-13,15-16,24,26-29,32-33H,14,17-23H2,1-10H3,(H,40,49)(H,41,50)(H,42,47)(H,43,48)(H,44,51)/t26-,27-,28-,29+,32-,33+,46?/m0/s1. The van der Waals surface area contributed by atoms with Gasteiger partial charge in [0.25, 0.3) is 0 Å². The largest absolute Gasteiger partial charge is 0.415 e. The van der Waals surface area contributed by atoms with Crippen LogP contribution in [0.5, 0.6) is 0 Å². The van der Waals surface area contributed by atoms with Crippen LogP contribution >= 0.6 is 0 Å². The van der Waals surface area contributed by atoms with Crippen LogP contribution in [0.25, 0.3) is 0 Å². The van der Waals surface area contributed by atoms with Gasteiger partial charge in [-0.2, -0.15) is 0 Å². The van der Waals surface area contributed by atoms with E-state index in [1.165, 1.54) is 0 Å². The molecule has 3 heterocycles. The summed E-state index contributed by atoms with van der Waals surface area (Å²) >= 11 is 0. The molecule has 3 aliphatic heterocycles. The smallest absolute Gasteiger partial charge is 0.246 e. The molecule has 5 N–H and O–H groups in total. The van der Waals surface area contributed by atoms with E-state index >= 15 is 0 Å². The van der Waals surface area contributed by atoms with Crippen molar-refractivity contribution in [2.24, 2.45) is 5.92 Å². The first-order chi connectivity index (χ1) is 25.1. The van der Waals surface area contributed by atoms with E-state index in [2.05, 4.69) is 60.4 Å². The van der Waals surface area contributed by atoms with Crippen molar-refractivity contribution in [3.8, 4) is 0 Å². The van der Waals surface area contributed by atoms with Crippen LogP contribution in [0.4, 0.5) is 0 Å². The van der Waals surface area contributed by atoms with Gasteiger partial charge in [0.05, 0.1) is 37.8 Å². The SMILES string of the molecule is CC(C)C[C@@H]1NC(=O)CNC(=O)[C@@H]2CCCN2[C@@H](C(=O)NC(C)(C)C)[C@@H]2[C@@H](CO[Si](C)(C)C(C)(C)C)N2C(=O)[C@H](Cc2ccccc2)NC(=O)CNC1=O. The van der Waals surface area contributed by atoms with Crippen molar-refractivity contribution in [3.05, 3.63) is 35.9 Å². The van der Waals surface area contributed by atoms with E-state index in [9.17, 15) is 28.8 Å². The number of carbonyl (C=O) groups is 6. The van der Waals surface area contributed by atoms with E-state index in [0.29, 0.717) is 25.8 Å². The van der Waals surface area contributed by atoms with Gasteiger partial charge in [-0.1, -0.05) is 65.0 Å². The number of hydrogen-bond donors (Lipinski definition) is 5. The molecule has 0 radical (unpaired) electrons. The number of nitrogens with one attached hydrogen (secondary N) is 5. The van der Waals surface area contributed by atoms with Gasteiger partial charge in [0.15, 0.2) is 8.32 Å². The minimum Gasteiger partial charge on any atom is -0.415 e. The Balaban J connectivity index is 1.80. The normalized spacial score (nSPS) is 26.8. The Bertz CT molecular complexity index is 1540. The zero-order valence-corrected chi connectivity index (χ0v) is 34.8. The Labute approximate surface area is 321 Å². The molecule has 54 heavy (non-hydrogen) atoms. The van der Waals surface area contributed by atoms with Crippen LogP contribution in [0.15, 0.2) is 30.3 Å². The predicted molar refractivity (Wildman–Crippen MR) is 208 cm³/mol. The molecule has 4 rings (SSSR count). The fourth-order valence-corrected chi connectivity index (χ4v) is 8.03. The maximum absolute atomic E-state index is 14.8. The Morgan fingerprint density at radius 2 is 1.50 bits per heavy atom. The molecule has 0 aromatic heterocycles. The third kappa shape index (κ3) is 11.1. The zero-order chi connectivity index (χ0) is 40.2. The topological polar surface area (TPSA) is 178 Å². The number of hydrogen-bond acceptors (Lipinski definition) is 8. The lowest BCUT2D eigenvalue weighted by Gasteiger charge is -2.36. The highest BCUT2D eigenvalue weighted by Gasteiger charge is 2.61. The molecular weight excluding hydrogens is 707 g/mol. The molecule has 6 amide bonds. The number of benzene rings is 1. The van der Waals surface area contributed by atoms with E-state index in [-0.39, 0.29) is 42.3 Å². The lowest BCUT2D eigenvalue weighted by Crippen LogP contribution is -2.60. The van der Waals surface area contributed by atoms with Crippen LogP contribution in [0.3, 0.4) is 0 Å². The summed E-state index contributed by atoms with van der Waals surface area (Å²) in [5.41, 5.74) is 0.198. The minimum absolute atomic E-state index is 0.0347. The van der Waals surface area contributed by atoms with Crippen molar-refractivity contribution in [2.75, 3.05) is 26.2 Å². The van der Waals surface area contributed by atoms with Crippen molar-refractivity contribution >= 4 is 43.8 Å². The number of rotatable bonds is 8. The molecule has 0 bridgehead atoms. The van der Waals surface area contributed by atoms with Crippen molar-refractivity contribution < 1.29 is 33.2 Å². The predicted octanol–water partition coefficient (Wildman–Crippen LogP) is 1.84. The summed E-state index contributed by atoms with van der Waals surface area (Å²) < 4.78 is 6.69. The Kier molecular flexibility index (Phi) is 13.8. The quantitative estimate of drug-likeness (QED) is 0.197. The van der Waals surface area contributed by atoms with Crippen molar-refractivity contribution in [2.45, 2.75) is 141 Å². The number of carbonyl (C=O) groups excluding carboxylic acids is 6. The molecule has 0 saturated carbocycles. The molecule has 3 aliphatic rings. The minimum atomic E-state index is -2.32.